The Kier molecular flexibility index (Phi) is 15.8. The number of aryl methyl sites for hydroxylation is 1. The van der Waals surface area contributed by atoms with Crippen molar-refractivity contribution in [1.29, 1.82) is 0 Å². The van der Waals surface area contributed by atoms with Crippen molar-refractivity contribution in [2.24, 2.45) is 0 Å². The van der Waals surface area contributed by atoms with Crippen molar-refractivity contribution in [2.45, 2.75) is 38.5 Å². The van der Waals surface area contributed by atoms with Gasteiger partial charge in [-0.2, -0.15) is 0 Å². The number of hydrogen-bond donors (Lipinski definition) is 0. The summed E-state index contributed by atoms with van der Waals surface area (Å²) in [5.74, 6) is 0. The van der Waals surface area contributed by atoms with Gasteiger partial charge in [-0.25, -0.2) is 0 Å². The monoisotopic (exact) mass is 1350 g/mol. The van der Waals surface area contributed by atoms with Crippen LogP contribution in [0.25, 0.3) is 192 Å². The van der Waals surface area contributed by atoms with E-state index in [1.807, 2.05) is 12.3 Å². The summed E-state index contributed by atoms with van der Waals surface area (Å²) in [6.07, 6.45) is 13.6. The van der Waals surface area contributed by atoms with E-state index in [0.717, 1.165) is 18.5 Å². The fraction of sp³-hybridized carbons (Fsp3) is 0.0571. The maximum Gasteiger partial charge on any atom is 0.0664 e. The summed E-state index contributed by atoms with van der Waals surface area (Å²) in [4.78, 5) is 4.67. The lowest BCUT2D eigenvalue weighted by molar-refractivity contribution is 0.742. The van der Waals surface area contributed by atoms with Crippen molar-refractivity contribution in [1.82, 2.24) is 4.98 Å². The lowest BCUT2D eigenvalue weighted by Crippen LogP contribution is -2.01. The van der Waals surface area contributed by atoms with Crippen LogP contribution in [0, 0.1) is 0 Å². The molecular weight excluding hydrogens is 1280 g/mol. The summed E-state index contributed by atoms with van der Waals surface area (Å²) in [5, 5.41) is 23.0. The first-order chi connectivity index (χ1) is 52.6. The van der Waals surface area contributed by atoms with Crippen LogP contribution in [0.2, 0.25) is 0 Å². The number of nitrogens with zero attached hydrogens (tertiary/aromatic N) is 1. The third-order valence-corrected chi connectivity index (χ3v) is 22.8. The third-order valence-electron chi connectivity index (χ3n) is 22.8. The van der Waals surface area contributed by atoms with E-state index in [-0.39, 0.29) is 0 Å². The molecule has 0 spiro atoms. The molecule has 0 N–H and O–H groups in total. The number of hydrogen-bond acceptors (Lipinski definition) is 1. The zero-order valence-electron chi connectivity index (χ0n) is 58.9. The first-order valence-corrected chi connectivity index (χ1v) is 37.6. The van der Waals surface area contributed by atoms with Gasteiger partial charge in [0.25, 0.3) is 0 Å². The average molecular weight is 1350 g/mol. The van der Waals surface area contributed by atoms with Gasteiger partial charge in [-0.15, -0.1) is 0 Å². The van der Waals surface area contributed by atoms with Gasteiger partial charge in [0.15, 0.2) is 0 Å². The van der Waals surface area contributed by atoms with E-state index in [1.165, 1.54) is 228 Å². The van der Waals surface area contributed by atoms with Crippen LogP contribution in [-0.4, -0.2) is 4.98 Å². The minimum Gasteiger partial charge on any atom is -0.257 e. The highest BCUT2D eigenvalue weighted by Crippen LogP contribution is 2.50. The molecule has 498 valence electrons. The van der Waals surface area contributed by atoms with Crippen LogP contribution in [0.5, 0.6) is 0 Å². The van der Waals surface area contributed by atoms with E-state index in [2.05, 4.69) is 363 Å². The standard InChI is InChI=1S/C56H40.C49H33N/c1-2-15-37(16-3-1)42-19-14-20-43(35-42)55-49-25-10-6-21-45(49)53(46-22-7-11-26-50(46)55)39-30-32-40(33-31-39)54-47-23-8-12-27-51(47)56(52-28-13-9-24-48(52)54)44-34-29-38-17-4-5-18-41(38)36-44;1-2-11-36-30-38(26-19-32(36)10-1)49-45-17-7-5-15-43(45)48(44-16-6-8-18-46(44)49)35-23-20-33(21-24-35)39-27-28-40(42-14-4-3-13-41(39)42)37-25-22-34-12-9-29-50-47(34)31-37/h4-15,17-36H,1-3,16H2;1-21,23-24,26-31H,22,25H2. The highest BCUT2D eigenvalue weighted by molar-refractivity contribution is 6.25. The average Bonchev–Trinajstić information content (AvgIpc) is 0.737. The molecule has 1 heteroatoms. The SMILES string of the molecule is C1=C(c2ccc(-c3ccc(-c4c5ccccc5c(-c5ccc6ccccc6c5)c5ccccc45)cc3)c3ccccc23)CCc2cccnc21.C1=C(c2cccc(-c3c4ccccc4c(-c4ccc(-c5c6ccccc6c(-c6ccc7ccccc7c6)c6ccccc56)cc4)c4ccccc34)c2)CCCC1. The van der Waals surface area contributed by atoms with Gasteiger partial charge in [-0.3, -0.25) is 4.98 Å². The van der Waals surface area contributed by atoms with E-state index in [4.69, 9.17) is 0 Å². The van der Waals surface area contributed by atoms with Gasteiger partial charge in [0.05, 0.1) is 5.69 Å². The first kappa shape index (κ1) is 62.7. The third kappa shape index (κ3) is 11.0. The van der Waals surface area contributed by atoms with Gasteiger partial charge in [-0.1, -0.05) is 334 Å². The molecule has 0 fully saturated rings. The second kappa shape index (κ2) is 26.6. The summed E-state index contributed by atoms with van der Waals surface area (Å²) >= 11 is 0. The molecule has 106 heavy (non-hydrogen) atoms. The molecule has 0 amide bonds. The number of fused-ring (bicyclic) bond motifs is 10. The lowest BCUT2D eigenvalue weighted by Gasteiger charge is -2.20. The highest BCUT2D eigenvalue weighted by atomic mass is 14.7. The molecule has 0 bridgehead atoms. The zero-order chi connectivity index (χ0) is 70.0. The molecule has 21 rings (SSSR count). The van der Waals surface area contributed by atoms with Crippen LogP contribution in [0.1, 0.15) is 54.5 Å². The smallest absolute Gasteiger partial charge is 0.0664 e. The van der Waals surface area contributed by atoms with Crippen molar-refractivity contribution in [3.63, 3.8) is 0 Å². The van der Waals surface area contributed by atoms with Crippen LogP contribution >= 0.6 is 0 Å². The fourth-order valence-electron chi connectivity index (χ4n) is 17.9. The molecule has 2 aliphatic rings. The summed E-state index contributed by atoms with van der Waals surface area (Å²) in [6, 6.07) is 130. The normalized spacial score (nSPS) is 13.0. The molecule has 0 saturated heterocycles. The number of pyridine rings is 1. The van der Waals surface area contributed by atoms with E-state index in [0.29, 0.717) is 0 Å². The number of aromatic nitrogens is 1. The number of allylic oxidation sites excluding steroid dienone is 3. The maximum absolute atomic E-state index is 4.67. The molecule has 2 aliphatic carbocycles. The van der Waals surface area contributed by atoms with Gasteiger partial charge >= 0.3 is 0 Å². The van der Waals surface area contributed by atoms with Crippen LogP contribution in [-0.2, 0) is 6.42 Å². The number of rotatable bonds is 9. The Hall–Kier alpha value is -13.1. The molecular formula is C105H73N. The molecule has 1 heterocycles. The van der Waals surface area contributed by atoms with Crippen LogP contribution < -0.4 is 0 Å². The van der Waals surface area contributed by atoms with Gasteiger partial charge in [0.1, 0.15) is 0 Å². The molecule has 1 nitrogen and oxygen atoms in total. The predicted molar refractivity (Wildman–Crippen MR) is 455 cm³/mol. The minimum atomic E-state index is 1.03. The van der Waals surface area contributed by atoms with Gasteiger partial charge in [0, 0.05) is 6.20 Å². The van der Waals surface area contributed by atoms with Crippen molar-refractivity contribution in [3.8, 4) is 77.9 Å². The van der Waals surface area contributed by atoms with E-state index < -0.39 is 0 Å². The summed E-state index contributed by atoms with van der Waals surface area (Å²) in [5.41, 5.74) is 25.7. The molecule has 0 saturated carbocycles. The van der Waals surface area contributed by atoms with Gasteiger partial charge in [-0.05, 0) is 272 Å². The molecule has 0 atom stereocenters. The quantitative estimate of drug-likeness (QED) is 0.131. The lowest BCUT2D eigenvalue weighted by atomic mass is 9.83. The minimum absolute atomic E-state index is 1.03. The molecule has 0 radical (unpaired) electrons. The Labute approximate surface area is 618 Å². The van der Waals surface area contributed by atoms with Crippen molar-refractivity contribution in [2.75, 3.05) is 0 Å². The summed E-state index contributed by atoms with van der Waals surface area (Å²) in [7, 11) is 0. The highest BCUT2D eigenvalue weighted by Gasteiger charge is 2.23. The fourth-order valence-corrected chi connectivity index (χ4v) is 17.9. The summed E-state index contributed by atoms with van der Waals surface area (Å²) in [6.45, 7) is 0. The zero-order valence-corrected chi connectivity index (χ0v) is 58.9. The van der Waals surface area contributed by atoms with Crippen LogP contribution in [0.3, 0.4) is 0 Å². The Morgan fingerprint density at radius 1 is 0.208 bits per heavy atom. The Morgan fingerprint density at radius 3 is 0.981 bits per heavy atom. The van der Waals surface area contributed by atoms with Gasteiger partial charge in [0.2, 0.25) is 0 Å². The largest absolute Gasteiger partial charge is 0.257 e. The first-order valence-electron chi connectivity index (χ1n) is 37.6. The molecule has 1 aromatic heterocycles. The molecule has 19 aromatic rings. The van der Waals surface area contributed by atoms with Crippen molar-refractivity contribution < 1.29 is 0 Å². The second-order valence-corrected chi connectivity index (χ2v) is 28.8. The Morgan fingerprint density at radius 2 is 0.557 bits per heavy atom. The summed E-state index contributed by atoms with van der Waals surface area (Å²) < 4.78 is 0. The van der Waals surface area contributed by atoms with E-state index >= 15 is 0 Å². The number of benzene rings is 18. The molecule has 0 unspecified atom stereocenters. The van der Waals surface area contributed by atoms with Crippen molar-refractivity contribution in [3.05, 3.63) is 387 Å². The Bertz CT molecular complexity index is 6630. The van der Waals surface area contributed by atoms with Crippen molar-refractivity contribution >= 4 is 114 Å². The van der Waals surface area contributed by atoms with Crippen LogP contribution in [0.15, 0.2) is 364 Å². The maximum atomic E-state index is 4.67. The molecule has 18 aromatic carbocycles. The predicted octanol–water partition coefficient (Wildman–Crippen LogP) is 29.3. The van der Waals surface area contributed by atoms with Crippen LogP contribution in [0.4, 0.5) is 0 Å². The van der Waals surface area contributed by atoms with Gasteiger partial charge < -0.3 is 0 Å². The Balaban J connectivity index is 0.000000141. The van der Waals surface area contributed by atoms with E-state index in [9.17, 15) is 0 Å². The topological polar surface area (TPSA) is 12.9 Å². The molecule has 0 aliphatic heterocycles. The second-order valence-electron chi connectivity index (χ2n) is 28.8. The van der Waals surface area contributed by atoms with E-state index in [1.54, 1.807) is 0 Å².